The summed E-state index contributed by atoms with van der Waals surface area (Å²) in [7, 11) is 0. The Morgan fingerprint density at radius 1 is 1.12 bits per heavy atom. The van der Waals surface area contributed by atoms with E-state index in [1.54, 1.807) is 11.3 Å². The average Bonchev–Trinajstić information content (AvgIpc) is 2.73. The van der Waals surface area contributed by atoms with Gasteiger partial charge in [0.05, 0.1) is 3.79 Å². The molecule has 0 aliphatic carbocycles. The van der Waals surface area contributed by atoms with Gasteiger partial charge < -0.3 is 4.74 Å². The Morgan fingerprint density at radius 3 is 2.44 bits per heavy atom. The van der Waals surface area contributed by atoms with Crippen LogP contribution in [0.25, 0.3) is 0 Å². The Labute approximate surface area is 108 Å². The summed E-state index contributed by atoms with van der Waals surface area (Å²) in [5.74, 6) is 0.932. The first kappa shape index (κ1) is 11.7. The van der Waals surface area contributed by atoms with Gasteiger partial charge >= 0.3 is 0 Å². The fraction of sp³-hybridized carbons (Fsp3) is 0.231. The molecule has 3 heteroatoms. The summed E-state index contributed by atoms with van der Waals surface area (Å²) in [6, 6.07) is 12.4. The second-order valence-electron chi connectivity index (χ2n) is 3.49. The molecule has 1 aromatic carbocycles. The molecule has 0 saturated carbocycles. The van der Waals surface area contributed by atoms with Crippen LogP contribution in [0.3, 0.4) is 0 Å². The van der Waals surface area contributed by atoms with Crippen LogP contribution in [0.15, 0.2) is 40.2 Å². The molecule has 2 rings (SSSR count). The molecular weight excluding hydrogens is 284 g/mol. The van der Waals surface area contributed by atoms with Gasteiger partial charge in [-0.3, -0.25) is 0 Å². The zero-order valence-corrected chi connectivity index (χ0v) is 11.5. The zero-order chi connectivity index (χ0) is 11.4. The minimum absolute atomic E-state index is 0.641. The van der Waals surface area contributed by atoms with Crippen molar-refractivity contribution in [1.29, 1.82) is 0 Å². The summed E-state index contributed by atoms with van der Waals surface area (Å²) in [6.07, 6.45) is 1.07. The van der Waals surface area contributed by atoms with Crippen molar-refractivity contribution in [2.24, 2.45) is 0 Å². The molecule has 0 amide bonds. The highest BCUT2D eigenvalue weighted by Gasteiger charge is 1.99. The van der Waals surface area contributed by atoms with E-state index in [4.69, 9.17) is 4.74 Å². The maximum Gasteiger partial charge on any atom is 0.122 e. The number of hydrogen-bond acceptors (Lipinski definition) is 2. The molecule has 1 aromatic heterocycles. The number of benzene rings is 1. The Kier molecular flexibility index (Phi) is 4.02. The summed E-state index contributed by atoms with van der Waals surface area (Å²) >= 11 is 5.15. The number of hydrogen-bond donors (Lipinski definition) is 0. The van der Waals surface area contributed by atoms with Gasteiger partial charge in [-0.2, -0.15) is 0 Å². The van der Waals surface area contributed by atoms with Crippen LogP contribution < -0.4 is 4.74 Å². The Balaban J connectivity index is 1.94. The van der Waals surface area contributed by atoms with Crippen LogP contribution in [-0.4, -0.2) is 0 Å². The molecule has 0 bridgehead atoms. The smallest absolute Gasteiger partial charge is 0.122 e. The molecule has 84 valence electrons. The second kappa shape index (κ2) is 5.51. The van der Waals surface area contributed by atoms with Crippen molar-refractivity contribution < 1.29 is 4.74 Å². The van der Waals surface area contributed by atoms with E-state index in [9.17, 15) is 0 Å². The summed E-state index contributed by atoms with van der Waals surface area (Å²) in [6.45, 7) is 2.79. The SMILES string of the molecule is CCc1ccc(OCc2ccc(Br)s2)cc1. The molecule has 1 nitrogen and oxygen atoms in total. The van der Waals surface area contributed by atoms with E-state index in [2.05, 4.69) is 41.1 Å². The Morgan fingerprint density at radius 2 is 1.88 bits per heavy atom. The predicted octanol–water partition coefficient (Wildman–Crippen LogP) is 4.65. The van der Waals surface area contributed by atoms with E-state index in [1.807, 2.05) is 18.2 Å². The Bertz CT molecular complexity index is 447. The van der Waals surface area contributed by atoms with Crippen LogP contribution in [0.1, 0.15) is 17.4 Å². The third-order valence-electron chi connectivity index (χ3n) is 2.34. The highest BCUT2D eigenvalue weighted by Crippen LogP contribution is 2.23. The minimum atomic E-state index is 0.641. The van der Waals surface area contributed by atoms with E-state index in [0.717, 1.165) is 16.0 Å². The van der Waals surface area contributed by atoms with Crippen molar-refractivity contribution in [1.82, 2.24) is 0 Å². The van der Waals surface area contributed by atoms with E-state index in [1.165, 1.54) is 10.4 Å². The van der Waals surface area contributed by atoms with Gasteiger partial charge in [-0.15, -0.1) is 11.3 Å². The summed E-state index contributed by atoms with van der Waals surface area (Å²) in [4.78, 5) is 1.23. The molecule has 16 heavy (non-hydrogen) atoms. The molecule has 0 unspecified atom stereocenters. The monoisotopic (exact) mass is 296 g/mol. The number of ether oxygens (including phenoxy) is 1. The highest BCUT2D eigenvalue weighted by atomic mass is 79.9. The molecule has 0 N–H and O–H groups in total. The van der Waals surface area contributed by atoms with Crippen LogP contribution in [-0.2, 0) is 13.0 Å². The van der Waals surface area contributed by atoms with Gasteiger partial charge in [0.15, 0.2) is 0 Å². The molecule has 1 heterocycles. The van der Waals surface area contributed by atoms with Crippen molar-refractivity contribution in [3.05, 3.63) is 50.6 Å². The maximum atomic E-state index is 5.69. The molecule has 2 aromatic rings. The lowest BCUT2D eigenvalue weighted by Gasteiger charge is -2.05. The minimum Gasteiger partial charge on any atom is -0.488 e. The normalized spacial score (nSPS) is 10.4. The van der Waals surface area contributed by atoms with Crippen LogP contribution in [0, 0.1) is 0 Å². The van der Waals surface area contributed by atoms with Crippen molar-refractivity contribution >= 4 is 27.3 Å². The van der Waals surface area contributed by atoms with Gasteiger partial charge in [-0.05, 0) is 52.2 Å². The first-order valence-electron chi connectivity index (χ1n) is 5.24. The van der Waals surface area contributed by atoms with E-state index < -0.39 is 0 Å². The average molecular weight is 297 g/mol. The second-order valence-corrected chi connectivity index (χ2v) is 6.04. The first-order valence-corrected chi connectivity index (χ1v) is 6.85. The molecule has 0 atom stereocenters. The van der Waals surface area contributed by atoms with Crippen LogP contribution in [0.4, 0.5) is 0 Å². The van der Waals surface area contributed by atoms with Crippen LogP contribution in [0.5, 0.6) is 5.75 Å². The maximum absolute atomic E-state index is 5.69. The summed E-state index contributed by atoms with van der Waals surface area (Å²) in [5, 5.41) is 0. The summed E-state index contributed by atoms with van der Waals surface area (Å²) in [5.41, 5.74) is 1.34. The van der Waals surface area contributed by atoms with Gasteiger partial charge in [-0.1, -0.05) is 19.1 Å². The quantitative estimate of drug-likeness (QED) is 0.798. The molecular formula is C13H13BrOS. The van der Waals surface area contributed by atoms with Gasteiger partial charge in [-0.25, -0.2) is 0 Å². The third-order valence-corrected chi connectivity index (χ3v) is 3.94. The molecule has 0 saturated heterocycles. The highest BCUT2D eigenvalue weighted by molar-refractivity contribution is 9.11. The van der Waals surface area contributed by atoms with Crippen molar-refractivity contribution in [2.45, 2.75) is 20.0 Å². The third kappa shape index (κ3) is 3.09. The van der Waals surface area contributed by atoms with Gasteiger partial charge in [0.25, 0.3) is 0 Å². The van der Waals surface area contributed by atoms with Gasteiger partial charge in [0.2, 0.25) is 0 Å². The Hall–Kier alpha value is -0.800. The first-order chi connectivity index (χ1) is 7.78. The zero-order valence-electron chi connectivity index (χ0n) is 9.07. The van der Waals surface area contributed by atoms with Crippen LogP contribution in [0.2, 0.25) is 0 Å². The van der Waals surface area contributed by atoms with Gasteiger partial charge in [0, 0.05) is 4.88 Å². The van der Waals surface area contributed by atoms with E-state index in [0.29, 0.717) is 6.61 Å². The standard InChI is InChI=1S/C13H13BrOS/c1-2-10-3-5-11(6-4-10)15-9-12-7-8-13(14)16-12/h3-8H,2,9H2,1H3. The van der Waals surface area contributed by atoms with Crippen molar-refractivity contribution in [3.63, 3.8) is 0 Å². The van der Waals surface area contributed by atoms with E-state index in [-0.39, 0.29) is 0 Å². The number of rotatable bonds is 4. The lowest BCUT2D eigenvalue weighted by Crippen LogP contribution is -1.92. The lowest BCUT2D eigenvalue weighted by molar-refractivity contribution is 0.310. The molecule has 0 radical (unpaired) electrons. The summed E-state index contributed by atoms with van der Waals surface area (Å²) < 4.78 is 6.84. The van der Waals surface area contributed by atoms with E-state index >= 15 is 0 Å². The predicted molar refractivity (Wildman–Crippen MR) is 72.2 cm³/mol. The largest absolute Gasteiger partial charge is 0.488 e. The topological polar surface area (TPSA) is 9.23 Å². The molecule has 0 spiro atoms. The fourth-order valence-electron chi connectivity index (χ4n) is 1.41. The number of halogens is 1. The van der Waals surface area contributed by atoms with Gasteiger partial charge in [0.1, 0.15) is 12.4 Å². The lowest BCUT2D eigenvalue weighted by atomic mass is 10.2. The van der Waals surface area contributed by atoms with Crippen molar-refractivity contribution in [2.75, 3.05) is 0 Å². The number of aryl methyl sites for hydroxylation is 1. The molecule has 0 aliphatic heterocycles. The van der Waals surface area contributed by atoms with Crippen molar-refractivity contribution in [3.8, 4) is 5.75 Å². The number of thiophene rings is 1. The fourth-order valence-corrected chi connectivity index (χ4v) is 2.80. The molecule has 0 fully saturated rings. The van der Waals surface area contributed by atoms with Crippen LogP contribution >= 0.6 is 27.3 Å². The molecule has 0 aliphatic rings.